The molecule has 0 bridgehead atoms. The molecule has 0 radical (unpaired) electrons. The summed E-state index contributed by atoms with van der Waals surface area (Å²) in [5.41, 5.74) is 1.92. The molecule has 110 valence electrons. The van der Waals surface area contributed by atoms with Crippen molar-refractivity contribution in [3.05, 3.63) is 68.9 Å². The van der Waals surface area contributed by atoms with Gasteiger partial charge in [0.05, 0.1) is 12.7 Å². The number of hydrogen-bond acceptors (Lipinski definition) is 4. The number of benzene rings is 2. The largest absolute Gasteiger partial charge is 0.497 e. The van der Waals surface area contributed by atoms with Crippen molar-refractivity contribution < 1.29 is 14.3 Å². The maximum Gasteiger partial charge on any atom is 0.363 e. The van der Waals surface area contributed by atoms with Crippen molar-refractivity contribution in [1.29, 1.82) is 0 Å². The maximum absolute atomic E-state index is 12.0. The van der Waals surface area contributed by atoms with E-state index in [4.69, 9.17) is 9.47 Å². The predicted octanol–water partition coefficient (Wildman–Crippen LogP) is 3.64. The number of hydrogen-bond donors (Lipinski definition) is 0. The van der Waals surface area contributed by atoms with E-state index in [9.17, 15) is 4.79 Å². The summed E-state index contributed by atoms with van der Waals surface area (Å²) in [4.78, 5) is 16.3. The minimum absolute atomic E-state index is 0.280. The minimum atomic E-state index is -0.447. The van der Waals surface area contributed by atoms with Crippen molar-refractivity contribution >= 4 is 40.5 Å². The van der Waals surface area contributed by atoms with Crippen LogP contribution in [0.5, 0.6) is 5.75 Å². The fourth-order valence-electron chi connectivity index (χ4n) is 2.05. The molecule has 2 aromatic carbocycles. The van der Waals surface area contributed by atoms with Crippen LogP contribution in [0.1, 0.15) is 11.1 Å². The van der Waals surface area contributed by atoms with Crippen molar-refractivity contribution in [1.82, 2.24) is 0 Å². The van der Waals surface area contributed by atoms with Gasteiger partial charge >= 0.3 is 5.97 Å². The molecule has 0 aliphatic carbocycles. The summed E-state index contributed by atoms with van der Waals surface area (Å²) in [6.45, 7) is 0. The maximum atomic E-state index is 12.0. The van der Waals surface area contributed by atoms with Gasteiger partial charge in [-0.3, -0.25) is 0 Å². The van der Waals surface area contributed by atoms with Crippen LogP contribution in [0.25, 0.3) is 6.08 Å². The molecule has 0 aromatic heterocycles. The van der Waals surface area contributed by atoms with Crippen LogP contribution in [0.15, 0.2) is 59.2 Å². The molecular weight excluding hydrogens is 393 g/mol. The third-order valence-corrected chi connectivity index (χ3v) is 4.06. The highest BCUT2D eigenvalue weighted by Gasteiger charge is 2.25. The van der Waals surface area contributed by atoms with E-state index < -0.39 is 5.97 Å². The Balaban J connectivity index is 1.96. The number of esters is 1. The standard InChI is InChI=1S/C17H12INO3/c1-21-12-6-4-5-11(9-12)10-15-17(20)22-16(19-15)13-7-2-3-8-14(13)18/h2-10H,1H3/b15-10+. The topological polar surface area (TPSA) is 47.9 Å². The average molecular weight is 405 g/mol. The van der Waals surface area contributed by atoms with Gasteiger partial charge in [0.2, 0.25) is 5.90 Å². The molecule has 0 saturated carbocycles. The lowest BCUT2D eigenvalue weighted by Crippen LogP contribution is -2.06. The van der Waals surface area contributed by atoms with Gasteiger partial charge in [-0.25, -0.2) is 9.79 Å². The zero-order valence-corrected chi connectivity index (χ0v) is 13.9. The first-order valence-electron chi connectivity index (χ1n) is 6.59. The molecule has 1 aliphatic rings. The van der Waals surface area contributed by atoms with Gasteiger partial charge in [-0.2, -0.15) is 0 Å². The summed E-state index contributed by atoms with van der Waals surface area (Å²) in [7, 11) is 1.60. The second-order valence-electron chi connectivity index (χ2n) is 4.59. The Morgan fingerprint density at radius 2 is 2.00 bits per heavy atom. The number of carbonyl (C=O) groups is 1. The Bertz CT molecular complexity index is 796. The zero-order chi connectivity index (χ0) is 15.5. The van der Waals surface area contributed by atoms with Crippen molar-refractivity contribution in [2.24, 2.45) is 4.99 Å². The van der Waals surface area contributed by atoms with E-state index in [0.717, 1.165) is 20.4 Å². The molecule has 3 rings (SSSR count). The number of rotatable bonds is 3. The van der Waals surface area contributed by atoms with Gasteiger partial charge < -0.3 is 9.47 Å². The van der Waals surface area contributed by atoms with E-state index in [2.05, 4.69) is 27.6 Å². The molecule has 0 fully saturated rings. The van der Waals surface area contributed by atoms with Crippen LogP contribution in [0.4, 0.5) is 0 Å². The van der Waals surface area contributed by atoms with Crippen LogP contribution in [0.3, 0.4) is 0 Å². The van der Waals surface area contributed by atoms with Crippen molar-refractivity contribution in [2.75, 3.05) is 7.11 Å². The first kappa shape index (κ1) is 14.8. The molecule has 0 saturated heterocycles. The second kappa shape index (κ2) is 6.31. The van der Waals surface area contributed by atoms with Gasteiger partial charge in [0.1, 0.15) is 5.75 Å². The molecule has 1 heterocycles. The van der Waals surface area contributed by atoms with E-state index in [-0.39, 0.29) is 5.70 Å². The number of ether oxygens (including phenoxy) is 2. The summed E-state index contributed by atoms with van der Waals surface area (Å²) in [6.07, 6.45) is 1.69. The molecule has 1 aliphatic heterocycles. The molecule has 5 heteroatoms. The van der Waals surface area contributed by atoms with Gasteiger partial charge in [0.25, 0.3) is 0 Å². The lowest BCUT2D eigenvalue weighted by atomic mass is 10.2. The predicted molar refractivity (Wildman–Crippen MR) is 92.8 cm³/mol. The smallest absolute Gasteiger partial charge is 0.363 e. The fraction of sp³-hybridized carbons (Fsp3) is 0.0588. The molecule has 0 unspecified atom stereocenters. The third kappa shape index (κ3) is 3.04. The molecular formula is C17H12INO3. The molecule has 0 N–H and O–H groups in total. The van der Waals surface area contributed by atoms with E-state index in [0.29, 0.717) is 5.90 Å². The van der Waals surface area contributed by atoms with Crippen molar-refractivity contribution in [3.8, 4) is 5.75 Å². The fourth-order valence-corrected chi connectivity index (χ4v) is 2.67. The number of nitrogens with zero attached hydrogens (tertiary/aromatic N) is 1. The Labute approximate surface area is 141 Å². The van der Waals surface area contributed by atoms with Crippen LogP contribution in [-0.2, 0) is 9.53 Å². The van der Waals surface area contributed by atoms with Gasteiger partial charge in [0.15, 0.2) is 5.70 Å². The highest BCUT2D eigenvalue weighted by atomic mass is 127. The molecule has 22 heavy (non-hydrogen) atoms. The summed E-state index contributed by atoms with van der Waals surface area (Å²) < 4.78 is 11.4. The van der Waals surface area contributed by atoms with Crippen LogP contribution < -0.4 is 4.74 Å². The van der Waals surface area contributed by atoms with E-state index >= 15 is 0 Å². The number of methoxy groups -OCH3 is 1. The van der Waals surface area contributed by atoms with Gasteiger partial charge in [0, 0.05) is 3.57 Å². The van der Waals surface area contributed by atoms with E-state index in [1.165, 1.54) is 0 Å². The van der Waals surface area contributed by atoms with Crippen LogP contribution in [0, 0.1) is 3.57 Å². The Morgan fingerprint density at radius 3 is 2.77 bits per heavy atom. The monoisotopic (exact) mass is 405 g/mol. The van der Waals surface area contributed by atoms with Crippen molar-refractivity contribution in [2.45, 2.75) is 0 Å². The van der Waals surface area contributed by atoms with E-state index in [1.54, 1.807) is 13.2 Å². The lowest BCUT2D eigenvalue weighted by molar-refractivity contribution is -0.129. The molecule has 0 spiro atoms. The van der Waals surface area contributed by atoms with Crippen LogP contribution in [-0.4, -0.2) is 19.0 Å². The normalized spacial score (nSPS) is 15.6. The lowest BCUT2D eigenvalue weighted by Gasteiger charge is -2.01. The van der Waals surface area contributed by atoms with Crippen molar-refractivity contribution in [3.63, 3.8) is 0 Å². The van der Waals surface area contributed by atoms with Crippen LogP contribution in [0.2, 0.25) is 0 Å². The summed E-state index contributed by atoms with van der Waals surface area (Å²) in [5, 5.41) is 0. The van der Waals surface area contributed by atoms with Gasteiger partial charge in [-0.15, -0.1) is 0 Å². The Morgan fingerprint density at radius 1 is 1.18 bits per heavy atom. The third-order valence-electron chi connectivity index (χ3n) is 3.12. The molecule has 0 amide bonds. The summed E-state index contributed by atoms with van der Waals surface area (Å²) in [5.74, 6) is 0.615. The van der Waals surface area contributed by atoms with E-state index in [1.807, 2.05) is 48.5 Å². The number of aliphatic imine (C=N–C) groups is 1. The number of carbonyl (C=O) groups excluding carboxylic acids is 1. The van der Waals surface area contributed by atoms with Crippen LogP contribution >= 0.6 is 22.6 Å². The highest BCUT2D eigenvalue weighted by Crippen LogP contribution is 2.23. The minimum Gasteiger partial charge on any atom is -0.497 e. The second-order valence-corrected chi connectivity index (χ2v) is 5.75. The first-order chi connectivity index (χ1) is 10.7. The summed E-state index contributed by atoms with van der Waals surface area (Å²) in [6, 6.07) is 15.0. The Hall–Kier alpha value is -2.15. The molecule has 4 nitrogen and oxygen atoms in total. The number of halogens is 1. The van der Waals surface area contributed by atoms with Gasteiger partial charge in [-0.05, 0) is 58.5 Å². The molecule has 0 atom stereocenters. The SMILES string of the molecule is COc1cccc(/C=C2/N=C(c3ccccc3I)OC2=O)c1. The molecule has 2 aromatic rings. The first-order valence-corrected chi connectivity index (χ1v) is 7.67. The summed E-state index contributed by atoms with van der Waals surface area (Å²) >= 11 is 2.19. The average Bonchev–Trinajstić information content (AvgIpc) is 2.89. The zero-order valence-electron chi connectivity index (χ0n) is 11.7. The Kier molecular flexibility index (Phi) is 4.24. The van der Waals surface area contributed by atoms with Gasteiger partial charge in [-0.1, -0.05) is 24.3 Å². The quantitative estimate of drug-likeness (QED) is 0.445. The number of cyclic esters (lactones) is 1. The highest BCUT2D eigenvalue weighted by molar-refractivity contribution is 14.1.